The zero-order valence-corrected chi connectivity index (χ0v) is 10.1. The molecule has 2 N–H and O–H groups in total. The van der Waals surface area contributed by atoms with Crippen molar-refractivity contribution in [1.82, 2.24) is 0 Å². The summed E-state index contributed by atoms with van der Waals surface area (Å²) in [6, 6.07) is 3.66. The van der Waals surface area contributed by atoms with Gasteiger partial charge < -0.3 is 9.47 Å². The van der Waals surface area contributed by atoms with Crippen LogP contribution < -0.4 is 15.4 Å². The third-order valence-corrected chi connectivity index (χ3v) is 3.61. The van der Waals surface area contributed by atoms with Gasteiger partial charge in [0.25, 0.3) is 0 Å². The summed E-state index contributed by atoms with van der Waals surface area (Å²) in [6.07, 6.45) is 2.33. The van der Waals surface area contributed by atoms with Gasteiger partial charge in [0.05, 0.1) is 24.8 Å². The Bertz CT molecular complexity index is 446. The molecule has 0 bridgehead atoms. The fraction of sp³-hybridized carbons (Fsp3) is 0.500. The Kier molecular flexibility index (Phi) is 2.65. The highest BCUT2D eigenvalue weighted by Crippen LogP contribution is 2.50. The van der Waals surface area contributed by atoms with Gasteiger partial charge in [-0.15, -0.1) is 0 Å². The van der Waals surface area contributed by atoms with Crippen molar-refractivity contribution in [2.24, 2.45) is 11.3 Å². The van der Waals surface area contributed by atoms with E-state index in [1.165, 1.54) is 0 Å². The largest absolute Gasteiger partial charge is 0.489 e. The predicted molar refractivity (Wildman–Crippen MR) is 63.1 cm³/mol. The molecule has 4 nitrogen and oxygen atoms in total. The van der Waals surface area contributed by atoms with E-state index in [1.807, 2.05) is 6.07 Å². The lowest BCUT2D eigenvalue weighted by Gasteiger charge is -2.10. The fourth-order valence-corrected chi connectivity index (χ4v) is 2.30. The van der Waals surface area contributed by atoms with Crippen molar-refractivity contribution in [2.75, 3.05) is 13.2 Å². The molecule has 0 saturated heterocycles. The van der Waals surface area contributed by atoms with E-state index in [4.69, 9.17) is 27.0 Å². The zero-order chi connectivity index (χ0) is 11.9. The number of halogens is 1. The van der Waals surface area contributed by atoms with Gasteiger partial charge in [0, 0.05) is 5.41 Å². The minimum absolute atomic E-state index is 0.215. The lowest BCUT2D eigenvalue weighted by Crippen LogP contribution is -2.17. The Balaban J connectivity index is 1.91. The molecule has 3 rings (SSSR count). The van der Waals surface area contributed by atoms with Crippen LogP contribution in [-0.2, 0) is 11.4 Å². The van der Waals surface area contributed by atoms with E-state index >= 15 is 0 Å². The third-order valence-electron chi connectivity index (χ3n) is 3.33. The molecule has 1 aromatic carbocycles. The third kappa shape index (κ3) is 2.08. The van der Waals surface area contributed by atoms with Gasteiger partial charge in [-0.1, -0.05) is 11.6 Å². The number of nitrogens with two attached hydrogens (primary N) is 1. The van der Waals surface area contributed by atoms with Crippen molar-refractivity contribution in [3.8, 4) is 11.5 Å². The first-order valence-electron chi connectivity index (χ1n) is 5.62. The fourth-order valence-electron chi connectivity index (χ4n) is 2.01. The Labute approximate surface area is 105 Å². The molecule has 2 aliphatic rings. The maximum Gasteiger partial charge on any atom is 0.179 e. The second kappa shape index (κ2) is 4.05. The predicted octanol–water partition coefficient (Wildman–Crippen LogP) is 2.28. The van der Waals surface area contributed by atoms with Crippen LogP contribution in [0.5, 0.6) is 11.5 Å². The minimum atomic E-state index is 0.215. The van der Waals surface area contributed by atoms with Gasteiger partial charge in [-0.05, 0) is 30.5 Å². The first-order chi connectivity index (χ1) is 8.22. The van der Waals surface area contributed by atoms with Crippen LogP contribution in [0.15, 0.2) is 12.1 Å². The maximum atomic E-state index is 6.17. The highest BCUT2D eigenvalue weighted by atomic mass is 35.5. The van der Waals surface area contributed by atoms with E-state index in [9.17, 15) is 0 Å². The molecule has 17 heavy (non-hydrogen) atoms. The van der Waals surface area contributed by atoms with E-state index in [1.54, 1.807) is 6.07 Å². The number of hydrogen-bond donors (Lipinski definition) is 1. The summed E-state index contributed by atoms with van der Waals surface area (Å²) in [5, 5.41) is 0.548. The molecule has 1 aliphatic carbocycles. The highest BCUT2D eigenvalue weighted by molar-refractivity contribution is 6.32. The molecule has 1 saturated carbocycles. The van der Waals surface area contributed by atoms with Crippen molar-refractivity contribution >= 4 is 11.6 Å². The molecule has 1 fully saturated rings. The molecule has 0 atom stereocenters. The Morgan fingerprint density at radius 3 is 2.76 bits per heavy atom. The molecule has 1 heterocycles. The number of hydrogen-bond acceptors (Lipinski definition) is 4. The van der Waals surface area contributed by atoms with Crippen LogP contribution in [0.4, 0.5) is 0 Å². The van der Waals surface area contributed by atoms with E-state index < -0.39 is 0 Å². The molecular formula is C12H14ClNO3. The van der Waals surface area contributed by atoms with Crippen molar-refractivity contribution in [1.29, 1.82) is 0 Å². The smallest absolute Gasteiger partial charge is 0.179 e. The summed E-state index contributed by atoms with van der Waals surface area (Å²) in [5.74, 6) is 6.38. The van der Waals surface area contributed by atoms with E-state index in [0.717, 1.165) is 18.4 Å². The molecule has 1 aliphatic heterocycles. The molecule has 0 amide bonds. The quantitative estimate of drug-likeness (QED) is 0.824. The number of benzene rings is 1. The van der Waals surface area contributed by atoms with Gasteiger partial charge in [-0.3, -0.25) is 4.84 Å². The van der Waals surface area contributed by atoms with Crippen molar-refractivity contribution in [3.63, 3.8) is 0 Å². The van der Waals surface area contributed by atoms with Crippen LogP contribution in [0, 0.1) is 5.41 Å². The molecule has 0 aromatic heterocycles. The maximum absolute atomic E-state index is 6.17. The van der Waals surface area contributed by atoms with Gasteiger partial charge in [-0.25, -0.2) is 5.90 Å². The Morgan fingerprint density at radius 1 is 1.29 bits per heavy atom. The highest BCUT2D eigenvalue weighted by Gasteiger charge is 2.46. The number of fused-ring (bicyclic) bond motifs is 1. The van der Waals surface area contributed by atoms with Crippen molar-refractivity contribution < 1.29 is 14.3 Å². The molecule has 0 unspecified atom stereocenters. The average molecular weight is 256 g/mol. The van der Waals surface area contributed by atoms with Crippen molar-refractivity contribution in [2.45, 2.75) is 19.4 Å². The first kappa shape index (κ1) is 11.1. The Hall–Kier alpha value is -0.970. The van der Waals surface area contributed by atoms with Crippen LogP contribution in [-0.4, -0.2) is 13.2 Å². The topological polar surface area (TPSA) is 53.7 Å². The van der Waals surface area contributed by atoms with Crippen molar-refractivity contribution in [3.05, 3.63) is 22.7 Å². The summed E-state index contributed by atoms with van der Waals surface area (Å²) in [7, 11) is 0. The number of ether oxygens (including phenoxy) is 2. The lowest BCUT2D eigenvalue weighted by atomic mass is 10.1. The first-order valence-corrected chi connectivity index (χ1v) is 6.00. The molecule has 92 valence electrons. The average Bonchev–Trinajstić information content (AvgIpc) is 3.08. The van der Waals surface area contributed by atoms with E-state index in [-0.39, 0.29) is 5.41 Å². The van der Waals surface area contributed by atoms with Crippen LogP contribution >= 0.6 is 11.6 Å². The number of rotatable bonds is 2. The molecule has 1 aromatic rings. The van der Waals surface area contributed by atoms with Crippen LogP contribution in [0.1, 0.15) is 18.4 Å². The van der Waals surface area contributed by atoms with E-state index in [0.29, 0.717) is 36.3 Å². The molecule has 1 spiro atoms. The minimum Gasteiger partial charge on any atom is -0.489 e. The normalized spacial score (nSPS) is 20.1. The van der Waals surface area contributed by atoms with Gasteiger partial charge in [-0.2, -0.15) is 0 Å². The summed E-state index contributed by atoms with van der Waals surface area (Å²) in [6.45, 7) is 1.69. The van der Waals surface area contributed by atoms with Gasteiger partial charge in [0.1, 0.15) is 0 Å². The zero-order valence-electron chi connectivity index (χ0n) is 9.37. The molecule has 5 heteroatoms. The van der Waals surface area contributed by atoms with Crippen LogP contribution in [0.3, 0.4) is 0 Å². The summed E-state index contributed by atoms with van der Waals surface area (Å²) in [5.41, 5.74) is 1.10. The summed E-state index contributed by atoms with van der Waals surface area (Å²) in [4.78, 5) is 4.60. The SMILES string of the molecule is NOCc1cc(Cl)c2c(c1)OCC1(CC1)CO2. The molecule has 0 radical (unpaired) electrons. The van der Waals surface area contributed by atoms with Gasteiger partial charge in [0.15, 0.2) is 11.5 Å². The van der Waals surface area contributed by atoms with Crippen LogP contribution in [0.2, 0.25) is 5.02 Å². The van der Waals surface area contributed by atoms with Gasteiger partial charge >= 0.3 is 0 Å². The second-order valence-electron chi connectivity index (χ2n) is 4.79. The van der Waals surface area contributed by atoms with Gasteiger partial charge in [0.2, 0.25) is 0 Å². The van der Waals surface area contributed by atoms with Crippen LogP contribution in [0.25, 0.3) is 0 Å². The standard InChI is InChI=1S/C12H14ClNO3/c13-9-3-8(5-17-14)4-10-11(9)16-7-12(1-2-12)6-15-10/h3-4H,1-2,5-7,14H2. The summed E-state index contributed by atoms with van der Waals surface area (Å²) >= 11 is 6.17. The second-order valence-corrected chi connectivity index (χ2v) is 5.20. The monoisotopic (exact) mass is 255 g/mol. The summed E-state index contributed by atoms with van der Waals surface area (Å²) < 4.78 is 11.5. The molecular weight excluding hydrogens is 242 g/mol. The van der Waals surface area contributed by atoms with E-state index in [2.05, 4.69) is 4.84 Å². The lowest BCUT2D eigenvalue weighted by molar-refractivity contribution is 0.124. The Morgan fingerprint density at radius 2 is 2.06 bits per heavy atom.